The van der Waals surface area contributed by atoms with Gasteiger partial charge in [0.05, 0.1) is 5.69 Å². The molecule has 1 rings (SSSR count). The van der Waals surface area contributed by atoms with E-state index in [-0.39, 0.29) is 11.8 Å². The molecule has 0 saturated heterocycles. The smallest absolute Gasteiger partial charge is 0.229 e. The molecular formula is C13H22N2O. The lowest BCUT2D eigenvalue weighted by Gasteiger charge is -2.23. The Balaban J connectivity index is 2.82. The summed E-state index contributed by atoms with van der Waals surface area (Å²) in [7, 11) is 1.97. The van der Waals surface area contributed by atoms with Gasteiger partial charge in [-0.3, -0.25) is 4.79 Å². The van der Waals surface area contributed by atoms with Crippen LogP contribution in [-0.2, 0) is 11.8 Å². The Bertz CT molecular complexity index is 341. The summed E-state index contributed by atoms with van der Waals surface area (Å²) in [5.74, 6) is 0.261. The summed E-state index contributed by atoms with van der Waals surface area (Å²) >= 11 is 0. The van der Waals surface area contributed by atoms with E-state index in [0.29, 0.717) is 0 Å². The molecule has 0 N–H and O–H groups in total. The van der Waals surface area contributed by atoms with Crippen LogP contribution in [0, 0.1) is 5.92 Å². The van der Waals surface area contributed by atoms with E-state index in [1.807, 2.05) is 48.8 Å². The third kappa shape index (κ3) is 3.12. The number of unbranched alkanes of at least 4 members (excludes halogenated alkanes) is 1. The Kier molecular flexibility index (Phi) is 4.59. The fourth-order valence-electron chi connectivity index (χ4n) is 1.64. The molecule has 0 spiro atoms. The summed E-state index contributed by atoms with van der Waals surface area (Å²) in [4.78, 5) is 14.0. The highest BCUT2D eigenvalue weighted by Gasteiger charge is 2.18. The van der Waals surface area contributed by atoms with Crippen LogP contribution in [0.3, 0.4) is 0 Å². The van der Waals surface area contributed by atoms with Crippen LogP contribution in [0.2, 0.25) is 0 Å². The average Bonchev–Trinajstić information content (AvgIpc) is 2.65. The number of aromatic nitrogens is 1. The molecule has 0 aliphatic heterocycles. The number of hydrogen-bond acceptors (Lipinski definition) is 1. The molecule has 1 aromatic heterocycles. The molecule has 0 radical (unpaired) electrons. The molecule has 0 aromatic carbocycles. The molecule has 0 aliphatic rings. The first-order valence-electron chi connectivity index (χ1n) is 5.99. The van der Waals surface area contributed by atoms with Gasteiger partial charge in [-0.1, -0.05) is 27.2 Å². The average molecular weight is 222 g/mol. The molecule has 0 atom stereocenters. The van der Waals surface area contributed by atoms with Crippen LogP contribution in [0.15, 0.2) is 18.5 Å². The van der Waals surface area contributed by atoms with Crippen LogP contribution in [0.5, 0.6) is 0 Å². The molecule has 0 fully saturated rings. The second-order valence-electron chi connectivity index (χ2n) is 4.53. The highest BCUT2D eigenvalue weighted by Crippen LogP contribution is 2.17. The molecule has 0 aliphatic carbocycles. The van der Waals surface area contributed by atoms with Crippen molar-refractivity contribution < 1.29 is 4.79 Å². The first kappa shape index (κ1) is 12.8. The molecule has 90 valence electrons. The summed E-state index contributed by atoms with van der Waals surface area (Å²) in [6.07, 6.45) is 6.12. The van der Waals surface area contributed by atoms with Gasteiger partial charge >= 0.3 is 0 Å². The number of carbonyl (C=O) groups excluding carboxylic acids is 1. The zero-order valence-electron chi connectivity index (χ0n) is 10.7. The number of nitrogens with zero attached hydrogens (tertiary/aromatic N) is 2. The van der Waals surface area contributed by atoms with E-state index in [1.54, 1.807) is 0 Å². The lowest BCUT2D eigenvalue weighted by atomic mass is 10.1. The van der Waals surface area contributed by atoms with E-state index >= 15 is 0 Å². The minimum absolute atomic E-state index is 0.0528. The zero-order chi connectivity index (χ0) is 12.1. The van der Waals surface area contributed by atoms with Crippen LogP contribution in [-0.4, -0.2) is 17.0 Å². The van der Waals surface area contributed by atoms with Gasteiger partial charge in [0.15, 0.2) is 0 Å². The number of rotatable bonds is 5. The van der Waals surface area contributed by atoms with Crippen molar-refractivity contribution in [1.82, 2.24) is 4.57 Å². The maximum atomic E-state index is 12.1. The van der Waals surface area contributed by atoms with E-state index in [0.717, 1.165) is 25.1 Å². The van der Waals surface area contributed by atoms with Crippen molar-refractivity contribution in [2.45, 2.75) is 33.6 Å². The summed E-state index contributed by atoms with van der Waals surface area (Å²) in [5.41, 5.74) is 1.01. The fraction of sp³-hybridized carbons (Fsp3) is 0.615. The Morgan fingerprint density at radius 2 is 2.19 bits per heavy atom. The van der Waals surface area contributed by atoms with Crippen molar-refractivity contribution in [2.75, 3.05) is 11.4 Å². The Labute approximate surface area is 98.1 Å². The van der Waals surface area contributed by atoms with Gasteiger partial charge in [-0.15, -0.1) is 0 Å². The Morgan fingerprint density at radius 3 is 2.62 bits per heavy atom. The minimum Gasteiger partial charge on any atom is -0.355 e. The van der Waals surface area contributed by atoms with E-state index in [4.69, 9.17) is 0 Å². The van der Waals surface area contributed by atoms with Crippen molar-refractivity contribution >= 4 is 11.6 Å². The van der Waals surface area contributed by atoms with Crippen LogP contribution in [0.4, 0.5) is 5.69 Å². The van der Waals surface area contributed by atoms with Gasteiger partial charge in [0.25, 0.3) is 0 Å². The van der Waals surface area contributed by atoms with Gasteiger partial charge in [0, 0.05) is 31.9 Å². The Morgan fingerprint density at radius 1 is 1.50 bits per heavy atom. The number of amides is 1. The van der Waals surface area contributed by atoms with E-state index in [1.165, 1.54) is 0 Å². The van der Waals surface area contributed by atoms with Crippen molar-refractivity contribution in [2.24, 2.45) is 13.0 Å². The van der Waals surface area contributed by atoms with Crippen molar-refractivity contribution in [1.29, 1.82) is 0 Å². The number of carbonyl (C=O) groups is 1. The summed E-state index contributed by atoms with van der Waals surface area (Å²) in [6.45, 7) is 6.86. The van der Waals surface area contributed by atoms with E-state index in [9.17, 15) is 4.79 Å². The monoisotopic (exact) mass is 222 g/mol. The second-order valence-corrected chi connectivity index (χ2v) is 4.53. The lowest BCUT2D eigenvalue weighted by molar-refractivity contribution is -0.121. The first-order chi connectivity index (χ1) is 7.56. The third-order valence-corrected chi connectivity index (χ3v) is 2.62. The SMILES string of the molecule is CCCCN(C(=O)C(C)C)c1ccn(C)c1. The molecule has 3 nitrogen and oxygen atoms in total. The van der Waals surface area contributed by atoms with Crippen LogP contribution >= 0.6 is 0 Å². The zero-order valence-corrected chi connectivity index (χ0v) is 10.7. The molecule has 0 unspecified atom stereocenters. The minimum atomic E-state index is 0.0528. The van der Waals surface area contributed by atoms with Gasteiger partial charge in [0.1, 0.15) is 0 Å². The summed E-state index contributed by atoms with van der Waals surface area (Å²) in [6, 6.07) is 2.00. The molecule has 16 heavy (non-hydrogen) atoms. The number of aryl methyl sites for hydroxylation is 1. The number of hydrogen-bond donors (Lipinski definition) is 0. The topological polar surface area (TPSA) is 25.2 Å². The third-order valence-electron chi connectivity index (χ3n) is 2.62. The molecular weight excluding hydrogens is 200 g/mol. The first-order valence-corrected chi connectivity index (χ1v) is 5.99. The van der Waals surface area contributed by atoms with Crippen LogP contribution in [0.1, 0.15) is 33.6 Å². The molecule has 1 amide bonds. The highest BCUT2D eigenvalue weighted by molar-refractivity contribution is 5.94. The quantitative estimate of drug-likeness (QED) is 0.752. The molecule has 0 saturated carbocycles. The van der Waals surface area contributed by atoms with Crippen LogP contribution in [0.25, 0.3) is 0 Å². The maximum absolute atomic E-state index is 12.1. The Hall–Kier alpha value is -1.25. The largest absolute Gasteiger partial charge is 0.355 e. The summed E-state index contributed by atoms with van der Waals surface area (Å²) in [5, 5.41) is 0. The van der Waals surface area contributed by atoms with Gasteiger partial charge in [-0.25, -0.2) is 0 Å². The van der Waals surface area contributed by atoms with Gasteiger partial charge in [-0.2, -0.15) is 0 Å². The van der Waals surface area contributed by atoms with E-state index < -0.39 is 0 Å². The van der Waals surface area contributed by atoms with Crippen LogP contribution < -0.4 is 4.90 Å². The molecule has 0 bridgehead atoms. The summed E-state index contributed by atoms with van der Waals surface area (Å²) < 4.78 is 1.97. The second kappa shape index (κ2) is 5.73. The maximum Gasteiger partial charge on any atom is 0.229 e. The van der Waals surface area contributed by atoms with Gasteiger partial charge in [-0.05, 0) is 12.5 Å². The predicted octanol–water partition coefficient (Wildman–Crippen LogP) is 2.81. The van der Waals surface area contributed by atoms with Gasteiger partial charge in [0.2, 0.25) is 5.91 Å². The highest BCUT2D eigenvalue weighted by atomic mass is 16.2. The normalized spacial score (nSPS) is 10.8. The molecule has 1 heterocycles. The molecule has 1 aromatic rings. The predicted molar refractivity (Wildman–Crippen MR) is 67.5 cm³/mol. The molecule has 3 heteroatoms. The van der Waals surface area contributed by atoms with Crippen molar-refractivity contribution in [3.63, 3.8) is 0 Å². The lowest BCUT2D eigenvalue weighted by Crippen LogP contribution is -2.34. The fourth-order valence-corrected chi connectivity index (χ4v) is 1.64. The van der Waals surface area contributed by atoms with E-state index in [2.05, 4.69) is 6.92 Å². The van der Waals surface area contributed by atoms with Gasteiger partial charge < -0.3 is 9.47 Å². The van der Waals surface area contributed by atoms with Crippen molar-refractivity contribution in [3.05, 3.63) is 18.5 Å². The number of anilines is 1. The standard InChI is InChI=1S/C13H22N2O/c1-5-6-8-15(13(16)11(2)3)12-7-9-14(4)10-12/h7,9-11H,5-6,8H2,1-4H3. The van der Waals surface area contributed by atoms with Crippen molar-refractivity contribution in [3.8, 4) is 0 Å².